The van der Waals surface area contributed by atoms with Crippen molar-refractivity contribution in [2.75, 3.05) is 6.61 Å². The van der Waals surface area contributed by atoms with Crippen LogP contribution in [0.2, 0.25) is 0 Å². The summed E-state index contributed by atoms with van der Waals surface area (Å²) in [6.45, 7) is 2.66. The number of hydrogen-bond acceptors (Lipinski definition) is 2. The third kappa shape index (κ3) is 3.19. The van der Waals surface area contributed by atoms with Gasteiger partial charge in [-0.25, -0.2) is 0 Å². The van der Waals surface area contributed by atoms with Crippen molar-refractivity contribution in [1.82, 2.24) is 5.32 Å². The van der Waals surface area contributed by atoms with Crippen molar-refractivity contribution in [2.45, 2.75) is 19.4 Å². The molecule has 2 aromatic rings. The lowest BCUT2D eigenvalue weighted by molar-refractivity contribution is -0.117. The zero-order valence-electron chi connectivity index (χ0n) is 12.6. The number of carbonyl (C=O) groups is 1. The van der Waals surface area contributed by atoms with E-state index in [-0.39, 0.29) is 11.9 Å². The van der Waals surface area contributed by atoms with Gasteiger partial charge < -0.3 is 10.1 Å². The molecule has 0 saturated heterocycles. The molecule has 22 heavy (non-hydrogen) atoms. The Balaban J connectivity index is 1.69. The predicted molar refractivity (Wildman–Crippen MR) is 87.7 cm³/mol. The molecule has 0 fully saturated rings. The number of para-hydroxylation sites is 1. The van der Waals surface area contributed by atoms with Crippen LogP contribution in [0.5, 0.6) is 5.75 Å². The van der Waals surface area contributed by atoms with Gasteiger partial charge in [0.25, 0.3) is 0 Å². The quantitative estimate of drug-likeness (QED) is 0.877. The van der Waals surface area contributed by atoms with E-state index in [1.54, 1.807) is 6.08 Å². The minimum absolute atomic E-state index is 0.0129. The van der Waals surface area contributed by atoms with Crippen LogP contribution >= 0.6 is 0 Å². The molecule has 0 bridgehead atoms. The van der Waals surface area contributed by atoms with Crippen molar-refractivity contribution in [2.24, 2.45) is 0 Å². The topological polar surface area (TPSA) is 38.3 Å². The van der Waals surface area contributed by atoms with Crippen molar-refractivity contribution in [1.29, 1.82) is 0 Å². The van der Waals surface area contributed by atoms with Crippen molar-refractivity contribution >= 4 is 12.0 Å². The fraction of sp³-hybridized carbons (Fsp3) is 0.211. The van der Waals surface area contributed by atoms with Crippen LogP contribution in [0.4, 0.5) is 0 Å². The number of hydrogen-bond donors (Lipinski definition) is 1. The highest BCUT2D eigenvalue weighted by molar-refractivity contribution is 5.92. The first kappa shape index (κ1) is 14.4. The second-order valence-corrected chi connectivity index (χ2v) is 5.43. The molecule has 112 valence electrons. The van der Waals surface area contributed by atoms with Gasteiger partial charge in [-0.2, -0.15) is 0 Å². The molecule has 3 nitrogen and oxygen atoms in total. The van der Waals surface area contributed by atoms with Crippen LogP contribution in [-0.4, -0.2) is 12.5 Å². The molecular formula is C19H19NO2. The zero-order chi connectivity index (χ0) is 15.4. The van der Waals surface area contributed by atoms with Crippen molar-refractivity contribution in [3.8, 4) is 5.75 Å². The van der Waals surface area contributed by atoms with Crippen LogP contribution in [-0.2, 0) is 4.79 Å². The van der Waals surface area contributed by atoms with Gasteiger partial charge in [0.05, 0.1) is 12.6 Å². The first-order valence-electron chi connectivity index (χ1n) is 7.50. The molecule has 0 saturated carbocycles. The number of rotatable bonds is 3. The van der Waals surface area contributed by atoms with Crippen LogP contribution in [0, 0.1) is 6.92 Å². The summed E-state index contributed by atoms with van der Waals surface area (Å²) in [6, 6.07) is 15.9. The first-order valence-corrected chi connectivity index (χ1v) is 7.50. The predicted octanol–water partition coefficient (Wildman–Crippen LogP) is 3.65. The molecule has 1 atom stereocenters. The molecule has 3 rings (SSSR count). The van der Waals surface area contributed by atoms with Gasteiger partial charge >= 0.3 is 0 Å². The molecule has 0 aromatic heterocycles. The molecule has 0 radical (unpaired) electrons. The van der Waals surface area contributed by atoms with Gasteiger partial charge in [-0.3, -0.25) is 4.79 Å². The fourth-order valence-electron chi connectivity index (χ4n) is 2.65. The third-order valence-corrected chi connectivity index (χ3v) is 3.88. The molecule has 0 spiro atoms. The average molecular weight is 293 g/mol. The van der Waals surface area contributed by atoms with Crippen LogP contribution in [0.3, 0.4) is 0 Å². The van der Waals surface area contributed by atoms with E-state index in [9.17, 15) is 4.79 Å². The molecule has 1 N–H and O–H groups in total. The molecule has 0 aliphatic carbocycles. The Morgan fingerprint density at radius 2 is 1.95 bits per heavy atom. The Morgan fingerprint density at radius 1 is 1.18 bits per heavy atom. The van der Waals surface area contributed by atoms with E-state index in [0.29, 0.717) is 6.61 Å². The summed E-state index contributed by atoms with van der Waals surface area (Å²) in [4.78, 5) is 12.2. The Hall–Kier alpha value is -2.55. The SMILES string of the molecule is Cc1ccccc1/C=C/C(=O)N[C@@H]1CCOc2ccccc21. The summed E-state index contributed by atoms with van der Waals surface area (Å²) in [5, 5.41) is 3.06. The van der Waals surface area contributed by atoms with Crippen molar-refractivity contribution in [3.63, 3.8) is 0 Å². The number of nitrogens with one attached hydrogen (secondary N) is 1. The van der Waals surface area contributed by atoms with Crippen molar-refractivity contribution in [3.05, 3.63) is 71.3 Å². The molecule has 3 heteroatoms. The average Bonchev–Trinajstić information content (AvgIpc) is 2.54. The van der Waals surface area contributed by atoms with Crippen LogP contribution in [0.15, 0.2) is 54.6 Å². The van der Waals surface area contributed by atoms with E-state index in [1.807, 2.05) is 61.5 Å². The summed E-state index contributed by atoms with van der Waals surface area (Å²) >= 11 is 0. The maximum Gasteiger partial charge on any atom is 0.244 e. The minimum Gasteiger partial charge on any atom is -0.493 e. The highest BCUT2D eigenvalue weighted by Gasteiger charge is 2.21. The minimum atomic E-state index is -0.0787. The summed E-state index contributed by atoms with van der Waals surface area (Å²) in [7, 11) is 0. The Labute approximate surface area is 130 Å². The largest absolute Gasteiger partial charge is 0.493 e. The highest BCUT2D eigenvalue weighted by atomic mass is 16.5. The second kappa shape index (κ2) is 6.48. The van der Waals surface area contributed by atoms with Gasteiger partial charge in [-0.15, -0.1) is 0 Å². The second-order valence-electron chi connectivity index (χ2n) is 5.43. The number of ether oxygens (including phenoxy) is 1. The molecule has 2 aromatic carbocycles. The normalized spacial score (nSPS) is 16.9. The van der Waals surface area contributed by atoms with Gasteiger partial charge in [0.15, 0.2) is 0 Å². The van der Waals surface area contributed by atoms with Gasteiger partial charge in [0, 0.05) is 18.1 Å². The Kier molecular flexibility index (Phi) is 4.24. The lowest BCUT2D eigenvalue weighted by atomic mass is 10.0. The number of aryl methyl sites for hydroxylation is 1. The van der Waals surface area contributed by atoms with E-state index in [4.69, 9.17) is 4.74 Å². The van der Waals surface area contributed by atoms with E-state index in [2.05, 4.69) is 5.32 Å². The summed E-state index contributed by atoms with van der Waals surface area (Å²) in [5.74, 6) is 0.784. The fourth-order valence-corrected chi connectivity index (χ4v) is 2.65. The van der Waals surface area contributed by atoms with E-state index >= 15 is 0 Å². The zero-order valence-corrected chi connectivity index (χ0v) is 12.6. The molecule has 1 heterocycles. The lowest BCUT2D eigenvalue weighted by Gasteiger charge is -2.26. The number of fused-ring (bicyclic) bond motifs is 1. The number of carbonyl (C=O) groups excluding carboxylic acids is 1. The van der Waals surface area contributed by atoms with E-state index in [1.165, 1.54) is 0 Å². The standard InChI is InChI=1S/C19H19NO2/c1-14-6-2-3-7-15(14)10-11-19(21)20-17-12-13-22-18-9-5-4-8-16(17)18/h2-11,17H,12-13H2,1H3,(H,20,21)/b11-10+/t17-/m1/s1. The molecule has 1 aliphatic heterocycles. The maximum absolute atomic E-state index is 12.2. The summed E-state index contributed by atoms with van der Waals surface area (Å²) in [5.41, 5.74) is 3.26. The van der Waals surface area contributed by atoms with E-state index in [0.717, 1.165) is 28.9 Å². The summed E-state index contributed by atoms with van der Waals surface area (Å²) < 4.78 is 5.61. The van der Waals surface area contributed by atoms with Crippen LogP contribution in [0.1, 0.15) is 29.2 Å². The van der Waals surface area contributed by atoms with Gasteiger partial charge in [0.2, 0.25) is 5.91 Å². The third-order valence-electron chi connectivity index (χ3n) is 3.88. The number of benzene rings is 2. The molecule has 1 amide bonds. The van der Waals surface area contributed by atoms with Crippen LogP contribution < -0.4 is 10.1 Å². The molecular weight excluding hydrogens is 274 g/mol. The summed E-state index contributed by atoms with van der Waals surface area (Å²) in [6.07, 6.45) is 4.25. The monoisotopic (exact) mass is 293 g/mol. The van der Waals surface area contributed by atoms with Gasteiger partial charge in [-0.05, 0) is 30.2 Å². The Bertz CT molecular complexity index is 706. The maximum atomic E-state index is 12.2. The smallest absolute Gasteiger partial charge is 0.244 e. The van der Waals surface area contributed by atoms with Gasteiger partial charge in [-0.1, -0.05) is 42.5 Å². The first-order chi connectivity index (χ1) is 10.7. The van der Waals surface area contributed by atoms with Crippen LogP contribution in [0.25, 0.3) is 6.08 Å². The van der Waals surface area contributed by atoms with Gasteiger partial charge in [0.1, 0.15) is 5.75 Å². The number of amides is 1. The highest BCUT2D eigenvalue weighted by Crippen LogP contribution is 2.31. The lowest BCUT2D eigenvalue weighted by Crippen LogP contribution is -2.30. The van der Waals surface area contributed by atoms with E-state index < -0.39 is 0 Å². The van der Waals surface area contributed by atoms with Crippen molar-refractivity contribution < 1.29 is 9.53 Å². The molecule has 1 aliphatic rings. The Morgan fingerprint density at radius 3 is 2.82 bits per heavy atom. The molecule has 0 unspecified atom stereocenters.